The molecule has 0 heterocycles. The maximum Gasteiger partial charge on any atom is 0.122 e. The predicted octanol–water partition coefficient (Wildman–Crippen LogP) is 2.05. The smallest absolute Gasteiger partial charge is 0.122 e. The first-order valence-electron chi connectivity index (χ1n) is 4.81. The molecule has 0 atom stereocenters. The van der Waals surface area contributed by atoms with Crippen molar-refractivity contribution in [3.8, 4) is 5.75 Å². The van der Waals surface area contributed by atoms with Gasteiger partial charge in [0.25, 0.3) is 0 Å². The van der Waals surface area contributed by atoms with Crippen molar-refractivity contribution >= 4 is 0 Å². The van der Waals surface area contributed by atoms with Crippen LogP contribution in [0.3, 0.4) is 0 Å². The lowest BCUT2D eigenvalue weighted by atomic mass is 10.1. The van der Waals surface area contributed by atoms with E-state index in [4.69, 9.17) is 9.94 Å². The lowest BCUT2D eigenvalue weighted by Gasteiger charge is -2.10. The molecule has 0 amide bonds. The van der Waals surface area contributed by atoms with Crippen LogP contribution in [0.15, 0.2) is 18.2 Å². The average molecular weight is 195 g/mol. The Labute approximate surface area is 84.7 Å². The van der Waals surface area contributed by atoms with Crippen LogP contribution < -0.4 is 10.2 Å². The van der Waals surface area contributed by atoms with Crippen LogP contribution in [0.25, 0.3) is 0 Å². The summed E-state index contributed by atoms with van der Waals surface area (Å²) in [5, 5.41) is 8.36. The highest BCUT2D eigenvalue weighted by molar-refractivity contribution is 5.38. The molecule has 0 aliphatic heterocycles. The van der Waals surface area contributed by atoms with Crippen LogP contribution in [-0.4, -0.2) is 18.4 Å². The quantitative estimate of drug-likeness (QED) is 0.558. The molecule has 1 aromatic rings. The predicted molar refractivity (Wildman–Crippen MR) is 55.8 cm³/mol. The van der Waals surface area contributed by atoms with E-state index in [1.165, 1.54) is 11.1 Å². The maximum absolute atomic E-state index is 8.36. The van der Waals surface area contributed by atoms with Crippen molar-refractivity contribution in [2.75, 3.05) is 13.2 Å². The van der Waals surface area contributed by atoms with Crippen molar-refractivity contribution in [3.63, 3.8) is 0 Å². The van der Waals surface area contributed by atoms with Gasteiger partial charge < -0.3 is 9.94 Å². The molecule has 0 saturated heterocycles. The Kier molecular flexibility index (Phi) is 4.43. The molecule has 3 heteroatoms. The lowest BCUT2D eigenvalue weighted by molar-refractivity contribution is 0.157. The summed E-state index contributed by atoms with van der Waals surface area (Å²) in [7, 11) is 0. The minimum Gasteiger partial charge on any atom is -0.493 e. The molecule has 0 aromatic heterocycles. The van der Waals surface area contributed by atoms with Crippen molar-refractivity contribution in [1.82, 2.24) is 5.48 Å². The molecule has 0 fully saturated rings. The SMILES string of the molecule is Cc1cccc(OCCCNO)c1C. The number of rotatable bonds is 5. The van der Waals surface area contributed by atoms with Gasteiger partial charge in [0, 0.05) is 6.54 Å². The molecule has 0 aliphatic carbocycles. The highest BCUT2D eigenvalue weighted by Gasteiger charge is 2.00. The van der Waals surface area contributed by atoms with Gasteiger partial charge in [-0.3, -0.25) is 0 Å². The first-order valence-corrected chi connectivity index (χ1v) is 4.81. The van der Waals surface area contributed by atoms with Crippen LogP contribution in [0.2, 0.25) is 0 Å². The van der Waals surface area contributed by atoms with Gasteiger partial charge in [-0.15, -0.1) is 0 Å². The summed E-state index contributed by atoms with van der Waals surface area (Å²) in [5.74, 6) is 0.933. The van der Waals surface area contributed by atoms with Gasteiger partial charge in [0.1, 0.15) is 5.75 Å². The zero-order chi connectivity index (χ0) is 10.4. The van der Waals surface area contributed by atoms with Gasteiger partial charge in [0.15, 0.2) is 0 Å². The number of aryl methyl sites for hydroxylation is 1. The standard InChI is InChI=1S/C11H17NO2/c1-9-5-3-6-11(10(9)2)14-8-4-7-12-13/h3,5-6,12-13H,4,7-8H2,1-2H3. The minimum absolute atomic E-state index is 0.560. The number of hydrogen-bond donors (Lipinski definition) is 2. The van der Waals surface area contributed by atoms with E-state index in [2.05, 4.69) is 25.4 Å². The molecule has 0 radical (unpaired) electrons. The van der Waals surface area contributed by atoms with E-state index in [-0.39, 0.29) is 0 Å². The first-order chi connectivity index (χ1) is 6.75. The van der Waals surface area contributed by atoms with Crippen LogP contribution in [-0.2, 0) is 0 Å². The Morgan fingerprint density at radius 3 is 2.86 bits per heavy atom. The third kappa shape index (κ3) is 3.01. The molecule has 0 saturated carbocycles. The lowest BCUT2D eigenvalue weighted by Crippen LogP contribution is -2.12. The molecule has 0 bridgehead atoms. The molecule has 0 aliphatic rings. The Morgan fingerprint density at radius 2 is 2.14 bits per heavy atom. The van der Waals surface area contributed by atoms with E-state index in [1.54, 1.807) is 0 Å². The maximum atomic E-state index is 8.36. The largest absolute Gasteiger partial charge is 0.493 e. The Balaban J connectivity index is 2.46. The minimum atomic E-state index is 0.560. The van der Waals surface area contributed by atoms with E-state index >= 15 is 0 Å². The molecule has 3 nitrogen and oxygen atoms in total. The molecule has 1 aromatic carbocycles. The number of hydroxylamine groups is 1. The zero-order valence-corrected chi connectivity index (χ0v) is 8.71. The first kappa shape index (κ1) is 11.0. The topological polar surface area (TPSA) is 41.5 Å². The second kappa shape index (κ2) is 5.62. The van der Waals surface area contributed by atoms with E-state index in [1.807, 2.05) is 12.1 Å². The zero-order valence-electron chi connectivity index (χ0n) is 8.71. The number of benzene rings is 1. The Hall–Kier alpha value is -1.06. The van der Waals surface area contributed by atoms with Crippen molar-refractivity contribution in [2.45, 2.75) is 20.3 Å². The second-order valence-corrected chi connectivity index (χ2v) is 3.31. The molecule has 78 valence electrons. The average Bonchev–Trinajstić information content (AvgIpc) is 2.19. The van der Waals surface area contributed by atoms with Crippen LogP contribution in [0.5, 0.6) is 5.75 Å². The van der Waals surface area contributed by atoms with Gasteiger partial charge in [-0.2, -0.15) is 0 Å². The molecule has 14 heavy (non-hydrogen) atoms. The van der Waals surface area contributed by atoms with Crippen LogP contribution in [0, 0.1) is 13.8 Å². The van der Waals surface area contributed by atoms with Gasteiger partial charge in [-0.05, 0) is 37.5 Å². The van der Waals surface area contributed by atoms with Gasteiger partial charge in [-0.1, -0.05) is 12.1 Å². The van der Waals surface area contributed by atoms with Crippen LogP contribution in [0.1, 0.15) is 17.5 Å². The number of nitrogens with one attached hydrogen (secondary N) is 1. The Morgan fingerprint density at radius 1 is 1.36 bits per heavy atom. The van der Waals surface area contributed by atoms with Crippen molar-refractivity contribution in [2.24, 2.45) is 0 Å². The highest BCUT2D eigenvalue weighted by atomic mass is 16.5. The fourth-order valence-corrected chi connectivity index (χ4v) is 1.21. The van der Waals surface area contributed by atoms with Gasteiger partial charge in [0.2, 0.25) is 0 Å². The van der Waals surface area contributed by atoms with Crippen LogP contribution >= 0.6 is 0 Å². The third-order valence-electron chi connectivity index (χ3n) is 2.25. The normalized spacial score (nSPS) is 10.2. The summed E-state index contributed by atoms with van der Waals surface area (Å²) < 4.78 is 5.57. The fraction of sp³-hybridized carbons (Fsp3) is 0.455. The second-order valence-electron chi connectivity index (χ2n) is 3.31. The summed E-state index contributed by atoms with van der Waals surface area (Å²) >= 11 is 0. The van der Waals surface area contributed by atoms with Gasteiger partial charge in [-0.25, -0.2) is 5.48 Å². The van der Waals surface area contributed by atoms with E-state index in [0.717, 1.165) is 12.2 Å². The molecule has 0 spiro atoms. The molecule has 2 N–H and O–H groups in total. The molecule has 1 rings (SSSR count). The van der Waals surface area contributed by atoms with Gasteiger partial charge >= 0.3 is 0 Å². The molecular weight excluding hydrogens is 178 g/mol. The summed E-state index contributed by atoms with van der Waals surface area (Å²) in [4.78, 5) is 0. The summed E-state index contributed by atoms with van der Waals surface area (Å²) in [5.41, 5.74) is 4.52. The van der Waals surface area contributed by atoms with Gasteiger partial charge in [0.05, 0.1) is 6.61 Å². The summed E-state index contributed by atoms with van der Waals surface area (Å²) in [6.45, 7) is 5.30. The van der Waals surface area contributed by atoms with Crippen molar-refractivity contribution in [3.05, 3.63) is 29.3 Å². The molecular formula is C11H17NO2. The van der Waals surface area contributed by atoms with Crippen LogP contribution in [0.4, 0.5) is 0 Å². The van der Waals surface area contributed by atoms with Crippen molar-refractivity contribution in [1.29, 1.82) is 0 Å². The molecule has 0 unspecified atom stereocenters. The summed E-state index contributed by atoms with van der Waals surface area (Å²) in [6, 6.07) is 6.02. The third-order valence-corrected chi connectivity index (χ3v) is 2.25. The van der Waals surface area contributed by atoms with E-state index < -0.39 is 0 Å². The van der Waals surface area contributed by atoms with E-state index in [0.29, 0.717) is 13.2 Å². The Bertz CT molecular complexity index is 287. The monoisotopic (exact) mass is 195 g/mol. The van der Waals surface area contributed by atoms with E-state index in [9.17, 15) is 0 Å². The summed E-state index contributed by atoms with van der Waals surface area (Å²) in [6.07, 6.45) is 0.796. The van der Waals surface area contributed by atoms with Crippen molar-refractivity contribution < 1.29 is 9.94 Å². The number of hydrogen-bond acceptors (Lipinski definition) is 3. The highest BCUT2D eigenvalue weighted by Crippen LogP contribution is 2.20. The fourth-order valence-electron chi connectivity index (χ4n) is 1.21. The number of ether oxygens (including phenoxy) is 1.